The van der Waals surface area contributed by atoms with Crippen LogP contribution in [0.2, 0.25) is 5.02 Å². The second-order valence-electron chi connectivity index (χ2n) is 4.95. The molecule has 0 spiro atoms. The first-order valence-corrected chi connectivity index (χ1v) is 7.43. The number of carbonyl (C=O) groups is 1. The van der Waals surface area contributed by atoms with E-state index < -0.39 is 0 Å². The quantitative estimate of drug-likeness (QED) is 0.845. The fraction of sp³-hybridized carbons (Fsp3) is 0.235. The molecule has 0 aliphatic rings. The van der Waals surface area contributed by atoms with Gasteiger partial charge in [0.25, 0.3) is 0 Å². The van der Waals surface area contributed by atoms with Gasteiger partial charge in [-0.2, -0.15) is 0 Å². The molecule has 122 valence electrons. The number of rotatable bonds is 6. The highest BCUT2D eigenvalue weighted by atomic mass is 35.5. The Labute approximate surface area is 140 Å². The molecule has 2 aromatic carbocycles. The summed E-state index contributed by atoms with van der Waals surface area (Å²) in [5.41, 5.74) is 2.33. The molecule has 0 saturated carbocycles. The molecule has 2 N–H and O–H groups in total. The maximum atomic E-state index is 12.1. The summed E-state index contributed by atoms with van der Waals surface area (Å²) in [7, 11) is 3.13. The van der Waals surface area contributed by atoms with Gasteiger partial charge < -0.3 is 20.1 Å². The zero-order chi connectivity index (χ0) is 16.8. The monoisotopic (exact) mass is 334 g/mol. The van der Waals surface area contributed by atoms with Crippen LogP contribution < -0.4 is 20.1 Å². The molecule has 2 rings (SSSR count). The summed E-state index contributed by atoms with van der Waals surface area (Å²) in [6.07, 6.45) is 0. The molecule has 0 unspecified atom stereocenters. The first kappa shape index (κ1) is 17.0. The van der Waals surface area contributed by atoms with Gasteiger partial charge in [0.15, 0.2) is 0 Å². The van der Waals surface area contributed by atoms with Crippen molar-refractivity contribution in [2.75, 3.05) is 31.4 Å². The van der Waals surface area contributed by atoms with Crippen LogP contribution in [0.25, 0.3) is 0 Å². The third kappa shape index (κ3) is 4.53. The van der Waals surface area contributed by atoms with Gasteiger partial charge in [0.2, 0.25) is 5.91 Å². The van der Waals surface area contributed by atoms with Gasteiger partial charge in [0, 0.05) is 5.02 Å². The van der Waals surface area contributed by atoms with Gasteiger partial charge in [-0.15, -0.1) is 0 Å². The van der Waals surface area contributed by atoms with Crippen molar-refractivity contribution in [3.05, 3.63) is 47.0 Å². The molecule has 1 amide bonds. The van der Waals surface area contributed by atoms with Gasteiger partial charge in [-0.1, -0.05) is 17.7 Å². The lowest BCUT2D eigenvalue weighted by molar-refractivity contribution is -0.114. The van der Waals surface area contributed by atoms with Crippen molar-refractivity contribution in [3.8, 4) is 11.5 Å². The summed E-state index contributed by atoms with van der Waals surface area (Å²) in [6, 6.07) is 10.8. The summed E-state index contributed by atoms with van der Waals surface area (Å²) in [5.74, 6) is 1.04. The molecule has 5 nitrogen and oxygen atoms in total. The van der Waals surface area contributed by atoms with Crippen molar-refractivity contribution in [2.24, 2.45) is 0 Å². The maximum Gasteiger partial charge on any atom is 0.243 e. The van der Waals surface area contributed by atoms with Crippen LogP contribution in [0.5, 0.6) is 11.5 Å². The average Bonchev–Trinajstić information content (AvgIpc) is 2.53. The Bertz CT molecular complexity index is 704. The van der Waals surface area contributed by atoms with Crippen LogP contribution in [0.3, 0.4) is 0 Å². The van der Waals surface area contributed by atoms with E-state index in [0.717, 1.165) is 5.56 Å². The topological polar surface area (TPSA) is 59.6 Å². The predicted molar refractivity (Wildman–Crippen MR) is 92.9 cm³/mol. The fourth-order valence-corrected chi connectivity index (χ4v) is 2.28. The lowest BCUT2D eigenvalue weighted by Gasteiger charge is -2.13. The summed E-state index contributed by atoms with van der Waals surface area (Å²) < 4.78 is 10.5. The van der Waals surface area contributed by atoms with Crippen LogP contribution in [0.15, 0.2) is 36.4 Å². The fourth-order valence-electron chi connectivity index (χ4n) is 2.11. The van der Waals surface area contributed by atoms with E-state index in [4.69, 9.17) is 21.1 Å². The Morgan fingerprint density at radius 2 is 1.70 bits per heavy atom. The van der Waals surface area contributed by atoms with E-state index in [9.17, 15) is 4.79 Å². The Morgan fingerprint density at radius 3 is 2.39 bits per heavy atom. The minimum Gasteiger partial charge on any atom is -0.495 e. The van der Waals surface area contributed by atoms with E-state index in [0.29, 0.717) is 27.9 Å². The van der Waals surface area contributed by atoms with Gasteiger partial charge in [0.05, 0.1) is 32.1 Å². The lowest BCUT2D eigenvalue weighted by atomic mass is 10.2. The number of hydrogen-bond donors (Lipinski definition) is 2. The zero-order valence-electron chi connectivity index (χ0n) is 13.3. The molecule has 0 atom stereocenters. The average molecular weight is 335 g/mol. The highest BCUT2D eigenvalue weighted by molar-refractivity contribution is 6.30. The second-order valence-corrected chi connectivity index (χ2v) is 5.39. The van der Waals surface area contributed by atoms with Crippen molar-refractivity contribution in [2.45, 2.75) is 6.92 Å². The second kappa shape index (κ2) is 7.74. The van der Waals surface area contributed by atoms with Gasteiger partial charge >= 0.3 is 0 Å². The number of amides is 1. The van der Waals surface area contributed by atoms with Crippen LogP contribution >= 0.6 is 11.6 Å². The minimum absolute atomic E-state index is 0.0772. The molecule has 0 aliphatic carbocycles. The number of carbonyl (C=O) groups excluding carboxylic acids is 1. The number of anilines is 2. The molecule has 6 heteroatoms. The highest BCUT2D eigenvalue weighted by Crippen LogP contribution is 2.28. The van der Waals surface area contributed by atoms with Crippen LogP contribution in [-0.2, 0) is 4.79 Å². The van der Waals surface area contributed by atoms with Crippen LogP contribution in [-0.4, -0.2) is 26.7 Å². The molecule has 2 aromatic rings. The summed E-state index contributed by atoms with van der Waals surface area (Å²) in [4.78, 5) is 12.1. The van der Waals surface area contributed by atoms with E-state index in [-0.39, 0.29) is 12.5 Å². The van der Waals surface area contributed by atoms with Crippen LogP contribution in [0.1, 0.15) is 5.56 Å². The van der Waals surface area contributed by atoms with Gasteiger partial charge in [-0.05, 0) is 42.8 Å². The SMILES string of the molecule is COc1ccc(Cl)cc1NCC(=O)Nc1cc(C)ccc1OC. The number of hydrogen-bond acceptors (Lipinski definition) is 4. The first-order chi connectivity index (χ1) is 11.0. The maximum absolute atomic E-state index is 12.1. The molecule has 0 bridgehead atoms. The number of aryl methyl sites for hydroxylation is 1. The summed E-state index contributed by atoms with van der Waals surface area (Å²) in [6.45, 7) is 2.03. The molecular weight excluding hydrogens is 316 g/mol. The number of nitrogens with one attached hydrogen (secondary N) is 2. The molecule has 0 aliphatic heterocycles. The minimum atomic E-state index is -0.198. The number of halogens is 1. The van der Waals surface area contributed by atoms with Crippen LogP contribution in [0.4, 0.5) is 11.4 Å². The Kier molecular flexibility index (Phi) is 5.71. The summed E-state index contributed by atoms with van der Waals surface area (Å²) in [5, 5.41) is 6.40. The van der Waals surface area contributed by atoms with E-state index in [1.807, 2.05) is 25.1 Å². The molecular formula is C17H19ClN2O3. The molecule has 0 heterocycles. The van der Waals surface area contributed by atoms with Gasteiger partial charge in [0.1, 0.15) is 11.5 Å². The van der Waals surface area contributed by atoms with Crippen molar-refractivity contribution in [1.82, 2.24) is 0 Å². The number of benzene rings is 2. The van der Waals surface area contributed by atoms with E-state index in [2.05, 4.69) is 10.6 Å². The van der Waals surface area contributed by atoms with Gasteiger partial charge in [-0.3, -0.25) is 4.79 Å². The normalized spacial score (nSPS) is 10.1. The Hall–Kier alpha value is -2.40. The number of methoxy groups -OCH3 is 2. The largest absolute Gasteiger partial charge is 0.495 e. The Balaban J connectivity index is 2.04. The molecule has 0 radical (unpaired) electrons. The third-order valence-electron chi connectivity index (χ3n) is 3.23. The highest BCUT2D eigenvalue weighted by Gasteiger charge is 2.09. The zero-order valence-corrected chi connectivity index (χ0v) is 14.0. The van der Waals surface area contributed by atoms with Crippen molar-refractivity contribution in [3.63, 3.8) is 0 Å². The van der Waals surface area contributed by atoms with E-state index >= 15 is 0 Å². The van der Waals surface area contributed by atoms with Crippen molar-refractivity contribution < 1.29 is 14.3 Å². The van der Waals surface area contributed by atoms with Crippen LogP contribution in [0, 0.1) is 6.92 Å². The van der Waals surface area contributed by atoms with E-state index in [1.54, 1.807) is 32.4 Å². The standard InChI is InChI=1S/C17H19ClN2O3/c1-11-4-6-16(23-3)14(8-11)20-17(21)10-19-13-9-12(18)5-7-15(13)22-2/h4-9,19H,10H2,1-3H3,(H,20,21). The molecule has 0 fully saturated rings. The Morgan fingerprint density at radius 1 is 1.04 bits per heavy atom. The molecule has 23 heavy (non-hydrogen) atoms. The predicted octanol–water partition coefficient (Wildman–Crippen LogP) is 3.72. The van der Waals surface area contributed by atoms with Crippen molar-refractivity contribution >= 4 is 28.9 Å². The summed E-state index contributed by atoms with van der Waals surface area (Å²) >= 11 is 5.96. The lowest BCUT2D eigenvalue weighted by Crippen LogP contribution is -2.22. The third-order valence-corrected chi connectivity index (χ3v) is 3.47. The number of ether oxygens (including phenoxy) is 2. The van der Waals surface area contributed by atoms with E-state index in [1.165, 1.54) is 0 Å². The molecule has 0 aromatic heterocycles. The van der Waals surface area contributed by atoms with Crippen molar-refractivity contribution in [1.29, 1.82) is 0 Å². The first-order valence-electron chi connectivity index (χ1n) is 7.05. The smallest absolute Gasteiger partial charge is 0.243 e. The van der Waals surface area contributed by atoms with Gasteiger partial charge in [-0.25, -0.2) is 0 Å². The molecule has 0 saturated heterocycles.